The lowest BCUT2D eigenvalue weighted by molar-refractivity contribution is 0.0962. The van der Waals surface area contributed by atoms with E-state index in [1.807, 2.05) is 36.4 Å². The van der Waals surface area contributed by atoms with Crippen LogP contribution in [0, 0.1) is 0 Å². The topological polar surface area (TPSA) is 49.3 Å². The van der Waals surface area contributed by atoms with Gasteiger partial charge in [-0.2, -0.15) is 0 Å². The van der Waals surface area contributed by atoms with Crippen LogP contribution in [0.25, 0.3) is 0 Å². The van der Waals surface area contributed by atoms with E-state index in [2.05, 4.69) is 20.0 Å². The Kier molecular flexibility index (Phi) is 5.20. The van der Waals surface area contributed by atoms with Gasteiger partial charge < -0.3 is 4.90 Å². The standard InChI is InChI=1S/C17H19ClN4O/c18-16-6-7-17(20-19-16)22-12-10-21(11-13-22)9-8-15(23)14-4-2-1-3-5-14/h1-7H,8-13H2. The number of anilines is 1. The minimum Gasteiger partial charge on any atom is -0.353 e. The minimum atomic E-state index is 0.205. The van der Waals surface area contributed by atoms with E-state index in [0.717, 1.165) is 44.1 Å². The fourth-order valence-corrected chi connectivity index (χ4v) is 2.81. The van der Waals surface area contributed by atoms with Gasteiger partial charge in [-0.3, -0.25) is 9.69 Å². The number of benzene rings is 1. The highest BCUT2D eigenvalue weighted by Crippen LogP contribution is 2.14. The molecule has 0 spiro atoms. The van der Waals surface area contributed by atoms with E-state index >= 15 is 0 Å². The zero-order valence-electron chi connectivity index (χ0n) is 12.9. The van der Waals surface area contributed by atoms with Crippen molar-refractivity contribution in [3.8, 4) is 0 Å². The van der Waals surface area contributed by atoms with Crippen molar-refractivity contribution in [2.24, 2.45) is 0 Å². The zero-order valence-corrected chi connectivity index (χ0v) is 13.6. The highest BCUT2D eigenvalue weighted by Gasteiger charge is 2.19. The van der Waals surface area contributed by atoms with E-state index in [0.29, 0.717) is 11.6 Å². The summed E-state index contributed by atoms with van der Waals surface area (Å²) in [5, 5.41) is 8.40. The van der Waals surface area contributed by atoms with Crippen molar-refractivity contribution in [1.82, 2.24) is 15.1 Å². The average Bonchev–Trinajstić information content (AvgIpc) is 2.61. The molecule has 23 heavy (non-hydrogen) atoms. The van der Waals surface area contributed by atoms with Crippen LogP contribution in [0.2, 0.25) is 5.15 Å². The van der Waals surface area contributed by atoms with Gasteiger partial charge in [0.2, 0.25) is 0 Å². The summed E-state index contributed by atoms with van der Waals surface area (Å²) in [6.07, 6.45) is 0.560. The summed E-state index contributed by atoms with van der Waals surface area (Å²) in [6, 6.07) is 13.1. The molecule has 1 aliphatic rings. The molecule has 0 aliphatic carbocycles. The molecule has 1 aromatic heterocycles. The smallest absolute Gasteiger partial charge is 0.164 e. The lowest BCUT2D eigenvalue weighted by Crippen LogP contribution is -2.47. The van der Waals surface area contributed by atoms with Gasteiger partial charge in [0.15, 0.2) is 16.8 Å². The molecule has 2 aromatic rings. The molecular weight excluding hydrogens is 312 g/mol. The largest absolute Gasteiger partial charge is 0.353 e. The number of hydrogen-bond acceptors (Lipinski definition) is 5. The first-order chi connectivity index (χ1) is 11.2. The van der Waals surface area contributed by atoms with Gasteiger partial charge in [-0.15, -0.1) is 10.2 Å². The SMILES string of the molecule is O=C(CCN1CCN(c2ccc(Cl)nn2)CC1)c1ccccc1. The maximum absolute atomic E-state index is 12.1. The Bertz CT molecular complexity index is 639. The highest BCUT2D eigenvalue weighted by atomic mass is 35.5. The van der Waals surface area contributed by atoms with Crippen molar-refractivity contribution in [2.75, 3.05) is 37.6 Å². The van der Waals surface area contributed by atoms with Gasteiger partial charge in [-0.1, -0.05) is 41.9 Å². The lowest BCUT2D eigenvalue weighted by atomic mass is 10.1. The summed E-state index contributed by atoms with van der Waals surface area (Å²) in [7, 11) is 0. The van der Waals surface area contributed by atoms with Gasteiger partial charge in [-0.05, 0) is 12.1 Å². The molecule has 0 radical (unpaired) electrons. The van der Waals surface area contributed by atoms with Crippen LogP contribution in [-0.4, -0.2) is 53.6 Å². The Hall–Kier alpha value is -1.98. The molecule has 120 valence electrons. The van der Waals surface area contributed by atoms with Crippen molar-refractivity contribution in [3.63, 3.8) is 0 Å². The Balaban J connectivity index is 1.46. The molecule has 0 N–H and O–H groups in total. The molecule has 3 rings (SSSR count). The molecule has 1 aliphatic heterocycles. The van der Waals surface area contributed by atoms with Crippen LogP contribution in [0.1, 0.15) is 16.8 Å². The Morgan fingerprint density at radius 1 is 1.00 bits per heavy atom. The van der Waals surface area contributed by atoms with E-state index in [-0.39, 0.29) is 5.78 Å². The van der Waals surface area contributed by atoms with Crippen molar-refractivity contribution >= 4 is 23.2 Å². The van der Waals surface area contributed by atoms with Gasteiger partial charge in [0, 0.05) is 44.7 Å². The van der Waals surface area contributed by atoms with Crippen LogP contribution in [0.3, 0.4) is 0 Å². The number of carbonyl (C=O) groups excluding carboxylic acids is 1. The van der Waals surface area contributed by atoms with Crippen LogP contribution in [0.5, 0.6) is 0 Å². The van der Waals surface area contributed by atoms with Gasteiger partial charge in [-0.25, -0.2) is 0 Å². The fourth-order valence-electron chi connectivity index (χ4n) is 2.71. The number of nitrogens with zero attached hydrogens (tertiary/aromatic N) is 4. The summed E-state index contributed by atoms with van der Waals surface area (Å²) in [5.41, 5.74) is 0.794. The monoisotopic (exact) mass is 330 g/mol. The summed E-state index contributed by atoms with van der Waals surface area (Å²) < 4.78 is 0. The average molecular weight is 331 g/mol. The second-order valence-corrected chi connectivity index (χ2v) is 5.97. The van der Waals surface area contributed by atoms with Crippen molar-refractivity contribution in [2.45, 2.75) is 6.42 Å². The molecule has 0 bridgehead atoms. The van der Waals surface area contributed by atoms with Crippen LogP contribution >= 0.6 is 11.6 Å². The first-order valence-corrected chi connectivity index (χ1v) is 8.15. The predicted molar refractivity (Wildman–Crippen MR) is 91.1 cm³/mol. The highest BCUT2D eigenvalue weighted by molar-refractivity contribution is 6.29. The van der Waals surface area contributed by atoms with E-state index in [9.17, 15) is 4.79 Å². The first-order valence-electron chi connectivity index (χ1n) is 7.77. The molecule has 0 atom stereocenters. The molecule has 0 unspecified atom stereocenters. The number of rotatable bonds is 5. The van der Waals surface area contributed by atoms with Gasteiger partial charge >= 0.3 is 0 Å². The van der Waals surface area contributed by atoms with E-state index in [4.69, 9.17) is 11.6 Å². The third kappa shape index (κ3) is 4.27. The molecule has 0 saturated carbocycles. The molecule has 6 heteroatoms. The molecule has 5 nitrogen and oxygen atoms in total. The van der Waals surface area contributed by atoms with Crippen LogP contribution in [-0.2, 0) is 0 Å². The molecule has 1 saturated heterocycles. The maximum Gasteiger partial charge on any atom is 0.164 e. The van der Waals surface area contributed by atoms with Crippen LogP contribution < -0.4 is 4.90 Å². The summed E-state index contributed by atoms with van der Waals surface area (Å²) >= 11 is 5.76. The Labute approximate surface area is 140 Å². The number of piperazine rings is 1. The van der Waals surface area contributed by atoms with E-state index in [1.165, 1.54) is 0 Å². The molecule has 1 aromatic carbocycles. The normalized spacial score (nSPS) is 15.6. The van der Waals surface area contributed by atoms with E-state index < -0.39 is 0 Å². The van der Waals surface area contributed by atoms with Crippen molar-refractivity contribution in [1.29, 1.82) is 0 Å². The fraction of sp³-hybridized carbons (Fsp3) is 0.353. The van der Waals surface area contributed by atoms with Crippen molar-refractivity contribution in [3.05, 3.63) is 53.2 Å². The Morgan fingerprint density at radius 2 is 1.74 bits per heavy atom. The summed E-state index contributed by atoms with van der Waals surface area (Å²) in [6.45, 7) is 4.41. The van der Waals surface area contributed by atoms with Crippen LogP contribution in [0.4, 0.5) is 5.82 Å². The maximum atomic E-state index is 12.1. The van der Waals surface area contributed by atoms with Crippen LogP contribution in [0.15, 0.2) is 42.5 Å². The third-order valence-electron chi connectivity index (χ3n) is 4.07. The lowest BCUT2D eigenvalue weighted by Gasteiger charge is -2.35. The van der Waals surface area contributed by atoms with Gasteiger partial charge in [0.05, 0.1) is 0 Å². The van der Waals surface area contributed by atoms with Gasteiger partial charge in [0.1, 0.15) is 0 Å². The number of halogens is 1. The Morgan fingerprint density at radius 3 is 2.39 bits per heavy atom. The molecule has 1 fully saturated rings. The second-order valence-electron chi connectivity index (χ2n) is 5.58. The van der Waals surface area contributed by atoms with Gasteiger partial charge in [0.25, 0.3) is 0 Å². The predicted octanol–water partition coefficient (Wildman–Crippen LogP) is 2.53. The molecule has 2 heterocycles. The minimum absolute atomic E-state index is 0.205. The summed E-state index contributed by atoms with van der Waals surface area (Å²) in [5.74, 6) is 1.06. The number of hydrogen-bond donors (Lipinski definition) is 0. The van der Waals surface area contributed by atoms with E-state index in [1.54, 1.807) is 6.07 Å². The number of ketones is 1. The third-order valence-corrected chi connectivity index (χ3v) is 4.27. The number of carbonyl (C=O) groups is 1. The summed E-state index contributed by atoms with van der Waals surface area (Å²) in [4.78, 5) is 16.7. The second kappa shape index (κ2) is 7.53. The number of Topliss-reactive ketones (excluding diaryl/α,β-unsaturated/α-hetero) is 1. The quantitative estimate of drug-likeness (QED) is 0.788. The molecular formula is C17H19ClN4O. The number of aromatic nitrogens is 2. The zero-order chi connectivity index (χ0) is 16.1. The first kappa shape index (κ1) is 15.9. The van der Waals surface area contributed by atoms with Crippen molar-refractivity contribution < 1.29 is 4.79 Å². The molecule has 0 amide bonds.